The largest absolute Gasteiger partial charge is 0.475 e. The van der Waals surface area contributed by atoms with Crippen molar-refractivity contribution in [2.75, 3.05) is 7.05 Å². The number of hydrogen-bond donors (Lipinski definition) is 1. The van der Waals surface area contributed by atoms with E-state index in [0.717, 1.165) is 24.0 Å². The van der Waals surface area contributed by atoms with Gasteiger partial charge in [0, 0.05) is 16.7 Å². The smallest absolute Gasteiger partial charge is 0.150 e. The van der Waals surface area contributed by atoms with Crippen LogP contribution in [0, 0.1) is 0 Å². The Kier molecular flexibility index (Phi) is 4.53. The van der Waals surface area contributed by atoms with Crippen LogP contribution in [0.25, 0.3) is 10.8 Å². The quantitative estimate of drug-likeness (QED) is 0.678. The molecule has 0 aliphatic rings. The van der Waals surface area contributed by atoms with Crippen LogP contribution < -0.4 is 10.1 Å². The summed E-state index contributed by atoms with van der Waals surface area (Å²) in [5, 5.41) is 7.75. The van der Waals surface area contributed by atoms with Crippen molar-refractivity contribution in [2.24, 2.45) is 0 Å². The van der Waals surface area contributed by atoms with Crippen LogP contribution in [0.2, 0.25) is 0 Å². The van der Waals surface area contributed by atoms with Crippen LogP contribution in [-0.2, 0) is 6.42 Å². The highest BCUT2D eigenvalue weighted by Crippen LogP contribution is 2.26. The maximum absolute atomic E-state index is 6.17. The predicted molar refractivity (Wildman–Crippen MR) is 90.1 cm³/mol. The fraction of sp³-hybridized carbons (Fsp3) is 0.222. The molecule has 0 aliphatic carbocycles. The lowest BCUT2D eigenvalue weighted by molar-refractivity contribution is 0.166. The van der Waals surface area contributed by atoms with Crippen molar-refractivity contribution in [1.29, 1.82) is 0 Å². The van der Waals surface area contributed by atoms with E-state index in [0.29, 0.717) is 0 Å². The van der Waals surface area contributed by atoms with Crippen LogP contribution in [0.15, 0.2) is 60.0 Å². The van der Waals surface area contributed by atoms with Crippen molar-refractivity contribution in [3.8, 4) is 5.75 Å². The molecule has 3 rings (SSSR count). The van der Waals surface area contributed by atoms with Crippen molar-refractivity contribution in [3.63, 3.8) is 0 Å². The van der Waals surface area contributed by atoms with E-state index >= 15 is 0 Å². The highest BCUT2D eigenvalue weighted by atomic mass is 32.1. The molecule has 0 amide bonds. The first-order valence-electron chi connectivity index (χ1n) is 7.21. The predicted octanol–water partition coefficient (Wildman–Crippen LogP) is 4.46. The molecule has 0 aliphatic heterocycles. The molecule has 1 atom stereocenters. The Labute approximate surface area is 129 Å². The van der Waals surface area contributed by atoms with Gasteiger partial charge in [0.1, 0.15) is 12.0 Å². The lowest BCUT2D eigenvalue weighted by Crippen LogP contribution is -2.31. The minimum absolute atomic E-state index is 0.0258. The average molecular weight is 297 g/mol. The van der Waals surface area contributed by atoms with Crippen molar-refractivity contribution in [2.45, 2.75) is 19.1 Å². The van der Waals surface area contributed by atoms with Crippen LogP contribution in [0.3, 0.4) is 0 Å². The molecule has 108 valence electrons. The summed E-state index contributed by atoms with van der Waals surface area (Å²) in [6, 6.07) is 18.8. The van der Waals surface area contributed by atoms with Crippen LogP contribution >= 0.6 is 11.3 Å². The van der Waals surface area contributed by atoms with E-state index in [1.807, 2.05) is 19.2 Å². The molecule has 3 aromatic rings. The molecule has 0 radical (unpaired) electrons. The Morgan fingerprint density at radius 3 is 2.71 bits per heavy atom. The van der Waals surface area contributed by atoms with Gasteiger partial charge in [-0.25, -0.2) is 0 Å². The fourth-order valence-corrected chi connectivity index (χ4v) is 3.17. The Hall–Kier alpha value is -1.84. The van der Waals surface area contributed by atoms with Gasteiger partial charge in [-0.05, 0) is 36.4 Å². The first-order valence-corrected chi connectivity index (χ1v) is 8.09. The zero-order valence-electron chi connectivity index (χ0n) is 12.1. The normalized spacial score (nSPS) is 12.4. The Morgan fingerprint density at radius 1 is 1.05 bits per heavy atom. The third-order valence-corrected chi connectivity index (χ3v) is 4.51. The standard InChI is InChI=1S/C18H19NOS/c1-19-18(12-11-15-8-5-13-21-15)20-17-10-4-7-14-6-2-3-9-16(14)17/h2-10,13,18-19H,11-12H2,1H3/t18-/m0/s1. The topological polar surface area (TPSA) is 21.3 Å². The Bertz CT molecular complexity index is 688. The molecule has 0 saturated carbocycles. The van der Waals surface area contributed by atoms with Crippen molar-refractivity contribution in [3.05, 3.63) is 64.9 Å². The van der Waals surface area contributed by atoms with Gasteiger partial charge in [0.2, 0.25) is 0 Å². The molecular formula is C18H19NOS. The molecular weight excluding hydrogens is 278 g/mol. The number of fused-ring (bicyclic) bond motifs is 1. The summed E-state index contributed by atoms with van der Waals surface area (Å²) in [6.45, 7) is 0. The summed E-state index contributed by atoms with van der Waals surface area (Å²) < 4.78 is 6.17. The van der Waals surface area contributed by atoms with Gasteiger partial charge in [-0.15, -0.1) is 11.3 Å². The van der Waals surface area contributed by atoms with Gasteiger partial charge >= 0.3 is 0 Å². The lowest BCUT2D eigenvalue weighted by atomic mass is 10.1. The minimum atomic E-state index is 0.0258. The number of aryl methyl sites for hydroxylation is 1. The average Bonchev–Trinajstić information content (AvgIpc) is 3.05. The lowest BCUT2D eigenvalue weighted by Gasteiger charge is -2.19. The van der Waals surface area contributed by atoms with Crippen LogP contribution in [0.4, 0.5) is 0 Å². The summed E-state index contributed by atoms with van der Waals surface area (Å²) in [6.07, 6.45) is 2.02. The third-order valence-electron chi connectivity index (χ3n) is 3.57. The number of rotatable bonds is 6. The maximum atomic E-state index is 6.17. The van der Waals surface area contributed by atoms with E-state index in [-0.39, 0.29) is 6.23 Å². The first kappa shape index (κ1) is 14.1. The van der Waals surface area contributed by atoms with Crippen molar-refractivity contribution >= 4 is 22.1 Å². The van der Waals surface area contributed by atoms with Crippen LogP contribution in [-0.4, -0.2) is 13.3 Å². The molecule has 0 saturated heterocycles. The van der Waals surface area contributed by atoms with Crippen LogP contribution in [0.5, 0.6) is 5.75 Å². The molecule has 2 nitrogen and oxygen atoms in total. The molecule has 0 unspecified atom stereocenters. The van der Waals surface area contributed by atoms with Gasteiger partial charge in [0.05, 0.1) is 0 Å². The number of ether oxygens (including phenoxy) is 1. The third kappa shape index (κ3) is 3.43. The molecule has 0 fully saturated rings. The van der Waals surface area contributed by atoms with Crippen molar-refractivity contribution in [1.82, 2.24) is 5.32 Å². The second kappa shape index (κ2) is 6.74. The van der Waals surface area contributed by atoms with E-state index < -0.39 is 0 Å². The first-order chi connectivity index (χ1) is 10.4. The SMILES string of the molecule is CN[C@H](CCc1cccs1)Oc1cccc2ccccc12. The molecule has 1 N–H and O–H groups in total. The van der Waals surface area contributed by atoms with Gasteiger partial charge in [0.25, 0.3) is 0 Å². The zero-order chi connectivity index (χ0) is 14.5. The highest BCUT2D eigenvalue weighted by molar-refractivity contribution is 7.09. The molecule has 21 heavy (non-hydrogen) atoms. The Morgan fingerprint density at radius 2 is 1.90 bits per heavy atom. The second-order valence-corrected chi connectivity index (χ2v) is 6.02. The van der Waals surface area contributed by atoms with E-state index in [4.69, 9.17) is 4.74 Å². The maximum Gasteiger partial charge on any atom is 0.150 e. The summed E-state index contributed by atoms with van der Waals surface area (Å²) in [7, 11) is 1.95. The van der Waals surface area contributed by atoms with Crippen molar-refractivity contribution < 1.29 is 4.74 Å². The van der Waals surface area contributed by atoms with E-state index in [2.05, 4.69) is 53.2 Å². The monoisotopic (exact) mass is 297 g/mol. The number of benzene rings is 2. The number of hydrogen-bond acceptors (Lipinski definition) is 3. The van der Waals surface area contributed by atoms with Gasteiger partial charge < -0.3 is 4.74 Å². The summed E-state index contributed by atoms with van der Waals surface area (Å²) >= 11 is 1.80. The number of nitrogens with one attached hydrogen (secondary N) is 1. The van der Waals surface area contributed by atoms with Gasteiger partial charge in [-0.1, -0.05) is 42.5 Å². The molecule has 1 aromatic heterocycles. The minimum Gasteiger partial charge on any atom is -0.475 e. The van der Waals surface area contributed by atoms with E-state index in [1.165, 1.54) is 10.3 Å². The second-order valence-electron chi connectivity index (χ2n) is 4.99. The summed E-state index contributed by atoms with van der Waals surface area (Å²) in [5.41, 5.74) is 0. The fourth-order valence-electron chi connectivity index (χ4n) is 2.44. The summed E-state index contributed by atoms with van der Waals surface area (Å²) in [5.74, 6) is 0.943. The molecule has 3 heteroatoms. The Balaban J connectivity index is 1.73. The molecule has 0 spiro atoms. The van der Waals surface area contributed by atoms with Crippen LogP contribution in [0.1, 0.15) is 11.3 Å². The van der Waals surface area contributed by atoms with E-state index in [9.17, 15) is 0 Å². The molecule has 2 aromatic carbocycles. The highest BCUT2D eigenvalue weighted by Gasteiger charge is 2.10. The van der Waals surface area contributed by atoms with E-state index in [1.54, 1.807) is 11.3 Å². The molecule has 1 heterocycles. The van der Waals surface area contributed by atoms with Gasteiger partial charge in [-0.2, -0.15) is 0 Å². The summed E-state index contributed by atoms with van der Waals surface area (Å²) in [4.78, 5) is 1.40. The van der Waals surface area contributed by atoms with Gasteiger partial charge in [-0.3, -0.25) is 5.32 Å². The number of thiophene rings is 1. The zero-order valence-corrected chi connectivity index (χ0v) is 12.9. The molecule has 0 bridgehead atoms. The van der Waals surface area contributed by atoms with Gasteiger partial charge in [0.15, 0.2) is 0 Å².